The minimum absolute atomic E-state index is 0.467. The molecule has 0 aliphatic carbocycles. The van der Waals surface area contributed by atoms with Crippen LogP contribution in [0.25, 0.3) is 0 Å². The summed E-state index contributed by atoms with van der Waals surface area (Å²) in [4.78, 5) is 0. The van der Waals surface area contributed by atoms with E-state index in [4.69, 9.17) is 35.4 Å². The Labute approximate surface area is 126 Å². The zero-order chi connectivity index (χ0) is 14.0. The van der Waals surface area contributed by atoms with Gasteiger partial charge in [0.05, 0.1) is 21.4 Å². The lowest BCUT2D eigenvalue weighted by molar-refractivity contribution is 0.756. The van der Waals surface area contributed by atoms with E-state index in [1.54, 1.807) is 22.9 Å². The number of benzene rings is 1. The molecule has 100 valence electrons. The molecule has 0 unspecified atom stereocenters. The first-order chi connectivity index (χ1) is 8.95. The van der Waals surface area contributed by atoms with E-state index < -0.39 is 0 Å². The Morgan fingerprint density at radius 1 is 1.26 bits per heavy atom. The normalized spacial score (nSPS) is 10.3. The van der Waals surface area contributed by atoms with Crippen molar-refractivity contribution in [2.45, 2.75) is 6.92 Å². The first kappa shape index (κ1) is 14.1. The zero-order valence-corrected chi connectivity index (χ0v) is 12.7. The van der Waals surface area contributed by atoms with Crippen molar-refractivity contribution in [1.29, 1.82) is 0 Å². The Morgan fingerprint density at radius 2 is 2.00 bits per heavy atom. The third-order valence-electron chi connectivity index (χ3n) is 2.44. The first-order valence-electron chi connectivity index (χ1n) is 5.49. The summed E-state index contributed by atoms with van der Waals surface area (Å²) >= 11 is 17.0. The van der Waals surface area contributed by atoms with Crippen LogP contribution in [0.2, 0.25) is 10.0 Å². The largest absolute Gasteiger partial charge is 0.332 e. The number of hydrogen-bond donors (Lipinski definition) is 2. The van der Waals surface area contributed by atoms with Gasteiger partial charge >= 0.3 is 0 Å². The molecule has 0 radical (unpaired) electrons. The van der Waals surface area contributed by atoms with Gasteiger partial charge in [0.2, 0.25) is 0 Å². The van der Waals surface area contributed by atoms with Crippen LogP contribution in [-0.4, -0.2) is 14.9 Å². The van der Waals surface area contributed by atoms with E-state index in [9.17, 15) is 0 Å². The maximum absolute atomic E-state index is 5.94. The molecule has 0 saturated heterocycles. The molecule has 0 spiro atoms. The molecule has 7 heteroatoms. The minimum atomic E-state index is 0.467. The van der Waals surface area contributed by atoms with Crippen molar-refractivity contribution in [3.8, 4) is 0 Å². The van der Waals surface area contributed by atoms with Gasteiger partial charge < -0.3 is 10.6 Å². The predicted molar refractivity (Wildman–Crippen MR) is 84.3 cm³/mol. The van der Waals surface area contributed by atoms with Crippen molar-refractivity contribution >= 4 is 51.9 Å². The molecule has 4 nitrogen and oxygen atoms in total. The molecule has 2 rings (SSSR count). The van der Waals surface area contributed by atoms with Crippen LogP contribution in [0.5, 0.6) is 0 Å². The van der Waals surface area contributed by atoms with Crippen LogP contribution in [0.15, 0.2) is 24.4 Å². The highest BCUT2D eigenvalue weighted by Crippen LogP contribution is 2.25. The van der Waals surface area contributed by atoms with Crippen LogP contribution < -0.4 is 10.6 Å². The molecule has 0 aliphatic rings. The molecule has 0 atom stereocenters. The Morgan fingerprint density at radius 3 is 2.58 bits per heavy atom. The summed E-state index contributed by atoms with van der Waals surface area (Å²) in [5.74, 6) is 0. The summed E-state index contributed by atoms with van der Waals surface area (Å²) in [7, 11) is 1.85. The summed E-state index contributed by atoms with van der Waals surface area (Å²) in [6.45, 7) is 1.91. The minimum Gasteiger partial charge on any atom is -0.332 e. The Bertz CT molecular complexity index is 624. The summed E-state index contributed by atoms with van der Waals surface area (Å²) in [6, 6.07) is 5.23. The lowest BCUT2D eigenvalue weighted by Crippen LogP contribution is -2.19. The van der Waals surface area contributed by atoms with E-state index in [2.05, 4.69) is 15.7 Å². The second-order valence-electron chi connectivity index (χ2n) is 4.01. The van der Waals surface area contributed by atoms with Crippen molar-refractivity contribution < 1.29 is 0 Å². The van der Waals surface area contributed by atoms with Crippen LogP contribution in [-0.2, 0) is 7.05 Å². The van der Waals surface area contributed by atoms with Crippen LogP contribution in [0, 0.1) is 6.92 Å². The van der Waals surface area contributed by atoms with Crippen molar-refractivity contribution in [2.75, 3.05) is 10.6 Å². The first-order valence-corrected chi connectivity index (χ1v) is 6.65. The average Bonchev–Trinajstić information content (AvgIpc) is 2.62. The average molecular weight is 315 g/mol. The highest BCUT2D eigenvalue weighted by atomic mass is 35.5. The molecule has 1 heterocycles. The summed E-state index contributed by atoms with van der Waals surface area (Å²) in [6.07, 6.45) is 1.86. The molecule has 1 aromatic carbocycles. The Hall–Kier alpha value is -1.30. The molecule has 2 aromatic rings. The van der Waals surface area contributed by atoms with E-state index in [1.807, 2.05) is 20.2 Å². The number of anilines is 2. The van der Waals surface area contributed by atoms with Gasteiger partial charge in [0.1, 0.15) is 0 Å². The van der Waals surface area contributed by atoms with Gasteiger partial charge in [0.25, 0.3) is 0 Å². The number of rotatable bonds is 2. The molecule has 0 aliphatic heterocycles. The molecule has 2 N–H and O–H groups in total. The van der Waals surface area contributed by atoms with Gasteiger partial charge in [-0.05, 0) is 37.3 Å². The molecule has 0 saturated carbocycles. The topological polar surface area (TPSA) is 41.9 Å². The van der Waals surface area contributed by atoms with E-state index >= 15 is 0 Å². The van der Waals surface area contributed by atoms with Crippen molar-refractivity contribution in [3.63, 3.8) is 0 Å². The van der Waals surface area contributed by atoms with Crippen LogP contribution in [0.4, 0.5) is 11.4 Å². The maximum Gasteiger partial charge on any atom is 0.175 e. The highest BCUT2D eigenvalue weighted by Gasteiger charge is 2.06. The van der Waals surface area contributed by atoms with Gasteiger partial charge in [-0.25, -0.2) is 0 Å². The van der Waals surface area contributed by atoms with Crippen molar-refractivity contribution in [3.05, 3.63) is 40.1 Å². The smallest absolute Gasteiger partial charge is 0.175 e. The summed E-state index contributed by atoms with van der Waals surface area (Å²) in [5, 5.41) is 11.8. The lowest BCUT2D eigenvalue weighted by Gasteiger charge is -2.10. The molecular weight excluding hydrogens is 303 g/mol. The van der Waals surface area contributed by atoms with E-state index in [0.29, 0.717) is 15.2 Å². The van der Waals surface area contributed by atoms with Gasteiger partial charge in [-0.2, -0.15) is 5.10 Å². The number of hydrogen-bond acceptors (Lipinski definition) is 2. The molecule has 0 bridgehead atoms. The number of aromatic nitrogens is 2. The van der Waals surface area contributed by atoms with Crippen molar-refractivity contribution in [1.82, 2.24) is 9.78 Å². The molecule has 19 heavy (non-hydrogen) atoms. The number of aryl methyl sites for hydroxylation is 2. The lowest BCUT2D eigenvalue weighted by atomic mass is 10.3. The van der Waals surface area contributed by atoms with E-state index in [-0.39, 0.29) is 0 Å². The Kier molecular flexibility index (Phi) is 4.29. The monoisotopic (exact) mass is 314 g/mol. The second kappa shape index (κ2) is 5.77. The molecular formula is C12H12Cl2N4S. The maximum atomic E-state index is 5.94. The summed E-state index contributed by atoms with van der Waals surface area (Å²) in [5.41, 5.74) is 2.51. The molecule has 0 amide bonds. The van der Waals surface area contributed by atoms with Crippen LogP contribution in [0.1, 0.15) is 5.69 Å². The quantitative estimate of drug-likeness (QED) is 0.826. The fraction of sp³-hybridized carbons (Fsp3) is 0.167. The zero-order valence-electron chi connectivity index (χ0n) is 10.4. The number of halogens is 2. The standard InChI is InChI=1S/C12H12Cl2N4S/c1-7-11(6-18(2)17-7)16-12(19)15-8-3-4-9(13)10(14)5-8/h3-6H,1-2H3,(H2,15,16,19). The van der Waals surface area contributed by atoms with Crippen molar-refractivity contribution in [2.24, 2.45) is 7.05 Å². The predicted octanol–water partition coefficient (Wildman–Crippen LogP) is 3.84. The van der Waals surface area contributed by atoms with E-state index in [0.717, 1.165) is 17.1 Å². The van der Waals surface area contributed by atoms with Crippen LogP contribution >= 0.6 is 35.4 Å². The van der Waals surface area contributed by atoms with Gasteiger partial charge in [-0.3, -0.25) is 4.68 Å². The fourth-order valence-corrected chi connectivity index (χ4v) is 2.11. The van der Waals surface area contributed by atoms with Gasteiger partial charge in [-0.15, -0.1) is 0 Å². The number of thiocarbonyl (C=S) groups is 1. The van der Waals surface area contributed by atoms with Gasteiger partial charge in [-0.1, -0.05) is 23.2 Å². The SMILES string of the molecule is Cc1nn(C)cc1NC(=S)Nc1ccc(Cl)c(Cl)c1. The number of nitrogens with one attached hydrogen (secondary N) is 2. The summed E-state index contributed by atoms with van der Waals surface area (Å²) < 4.78 is 1.72. The van der Waals surface area contributed by atoms with Gasteiger partial charge in [0, 0.05) is 18.9 Å². The number of nitrogens with zero attached hydrogens (tertiary/aromatic N) is 2. The molecule has 0 fully saturated rings. The molecule has 1 aromatic heterocycles. The van der Waals surface area contributed by atoms with Crippen LogP contribution in [0.3, 0.4) is 0 Å². The third kappa shape index (κ3) is 3.59. The fourth-order valence-electron chi connectivity index (χ4n) is 1.58. The van der Waals surface area contributed by atoms with E-state index in [1.165, 1.54) is 0 Å². The Balaban J connectivity index is 2.05. The van der Waals surface area contributed by atoms with Gasteiger partial charge in [0.15, 0.2) is 5.11 Å². The third-order valence-corrected chi connectivity index (χ3v) is 3.38. The highest BCUT2D eigenvalue weighted by molar-refractivity contribution is 7.80. The second-order valence-corrected chi connectivity index (χ2v) is 5.23.